The van der Waals surface area contributed by atoms with Crippen LogP contribution < -0.4 is 0 Å². The van der Waals surface area contributed by atoms with E-state index in [0.29, 0.717) is 24.3 Å². The Hall–Kier alpha value is -3.17. The average molecular weight is 404 g/mol. The van der Waals surface area contributed by atoms with Crippen LogP contribution in [0.25, 0.3) is 5.69 Å². The van der Waals surface area contributed by atoms with Gasteiger partial charge in [-0.3, -0.25) is 9.48 Å². The largest absolute Gasteiger partial charge is 0.393 e. The number of nitrogens with zero attached hydrogens (tertiary/aromatic N) is 6. The number of aromatic nitrogens is 5. The topological polar surface area (TPSA) is 68.8 Å². The Morgan fingerprint density at radius 1 is 1.14 bits per heavy atom. The van der Waals surface area contributed by atoms with Gasteiger partial charge in [-0.05, 0) is 30.5 Å². The van der Waals surface area contributed by atoms with Crippen molar-refractivity contribution in [2.45, 2.75) is 31.5 Å². The fourth-order valence-electron chi connectivity index (χ4n) is 3.59. The van der Waals surface area contributed by atoms with E-state index in [4.69, 9.17) is 0 Å². The molecular weight excluding hydrogens is 385 g/mol. The van der Waals surface area contributed by atoms with Gasteiger partial charge in [0, 0.05) is 19.3 Å². The molecule has 0 N–H and O–H groups in total. The molecule has 1 aliphatic rings. The summed E-state index contributed by atoms with van der Waals surface area (Å²) in [7, 11) is 0. The van der Waals surface area contributed by atoms with Gasteiger partial charge >= 0.3 is 6.18 Å². The number of benzene rings is 1. The van der Waals surface area contributed by atoms with E-state index in [1.807, 2.05) is 0 Å². The van der Waals surface area contributed by atoms with E-state index < -0.39 is 12.6 Å². The first-order valence-electron chi connectivity index (χ1n) is 9.25. The molecule has 1 amide bonds. The van der Waals surface area contributed by atoms with Gasteiger partial charge in [-0.25, -0.2) is 0 Å². The first-order valence-corrected chi connectivity index (χ1v) is 9.25. The maximum Gasteiger partial charge on any atom is 0.393 e. The lowest BCUT2D eigenvalue weighted by Gasteiger charge is -2.33. The number of carbonyl (C=O) groups is 1. The number of halogens is 3. The molecule has 0 saturated carbocycles. The smallest absolute Gasteiger partial charge is 0.336 e. The molecule has 3 heterocycles. The van der Waals surface area contributed by atoms with E-state index in [-0.39, 0.29) is 17.5 Å². The summed E-state index contributed by atoms with van der Waals surface area (Å²) in [5.74, 6) is -0.162. The van der Waals surface area contributed by atoms with Crippen molar-refractivity contribution in [2.24, 2.45) is 0 Å². The van der Waals surface area contributed by atoms with Gasteiger partial charge in [0.25, 0.3) is 5.91 Å². The first-order chi connectivity index (χ1) is 13.9. The van der Waals surface area contributed by atoms with Gasteiger partial charge in [-0.2, -0.15) is 33.3 Å². The summed E-state index contributed by atoms with van der Waals surface area (Å²) >= 11 is 0. The SMILES string of the molecule is O=C(c1ccccc1-n1nccn1)N1CCCC(n2cc(CC(F)(F)F)cn2)C1. The summed E-state index contributed by atoms with van der Waals surface area (Å²) in [4.78, 5) is 16.3. The van der Waals surface area contributed by atoms with Crippen LogP contribution in [0.5, 0.6) is 0 Å². The molecule has 1 saturated heterocycles. The average Bonchev–Trinajstić information content (AvgIpc) is 3.38. The summed E-state index contributed by atoms with van der Waals surface area (Å²) in [6.07, 6.45) is 1.95. The summed E-state index contributed by atoms with van der Waals surface area (Å²) in [6.45, 7) is 0.958. The van der Waals surface area contributed by atoms with Crippen LogP contribution in [0.3, 0.4) is 0 Å². The predicted octanol–water partition coefficient (Wildman–Crippen LogP) is 3.05. The minimum Gasteiger partial charge on any atom is -0.336 e. The van der Waals surface area contributed by atoms with Crippen LogP contribution in [0.4, 0.5) is 13.2 Å². The van der Waals surface area contributed by atoms with Crippen LogP contribution in [0, 0.1) is 0 Å². The number of amides is 1. The molecule has 29 heavy (non-hydrogen) atoms. The second-order valence-electron chi connectivity index (χ2n) is 7.00. The van der Waals surface area contributed by atoms with Gasteiger partial charge in [0.2, 0.25) is 0 Å². The van der Waals surface area contributed by atoms with E-state index in [1.54, 1.807) is 33.8 Å². The molecule has 1 aliphatic heterocycles. The summed E-state index contributed by atoms with van der Waals surface area (Å²) < 4.78 is 39.3. The quantitative estimate of drug-likeness (QED) is 0.670. The minimum atomic E-state index is -4.27. The molecule has 10 heteroatoms. The highest BCUT2D eigenvalue weighted by Gasteiger charge is 2.30. The zero-order valence-corrected chi connectivity index (χ0v) is 15.5. The molecule has 0 spiro atoms. The van der Waals surface area contributed by atoms with Gasteiger partial charge in [0.05, 0.1) is 42.3 Å². The highest BCUT2D eigenvalue weighted by atomic mass is 19.4. The highest BCUT2D eigenvalue weighted by molar-refractivity contribution is 5.97. The zero-order valence-electron chi connectivity index (χ0n) is 15.5. The third-order valence-electron chi connectivity index (χ3n) is 4.89. The van der Waals surface area contributed by atoms with Crippen LogP contribution in [0.1, 0.15) is 34.8 Å². The monoisotopic (exact) mass is 404 g/mol. The lowest BCUT2D eigenvalue weighted by molar-refractivity contribution is -0.127. The summed E-state index contributed by atoms with van der Waals surface area (Å²) in [5, 5.41) is 12.3. The number of likely N-dealkylation sites (tertiary alicyclic amines) is 1. The van der Waals surface area contributed by atoms with E-state index in [9.17, 15) is 18.0 Å². The van der Waals surface area contributed by atoms with E-state index >= 15 is 0 Å². The number of piperidine rings is 1. The Morgan fingerprint density at radius 2 is 1.90 bits per heavy atom. The van der Waals surface area contributed by atoms with Gasteiger partial charge in [0.15, 0.2) is 0 Å². The Labute approximate surface area is 164 Å². The molecule has 1 fully saturated rings. The molecular formula is C19H19F3N6O. The lowest BCUT2D eigenvalue weighted by atomic mass is 10.0. The Balaban J connectivity index is 1.52. The maximum absolute atomic E-state index is 13.2. The van der Waals surface area contributed by atoms with Crippen molar-refractivity contribution >= 4 is 5.91 Å². The Morgan fingerprint density at radius 3 is 2.66 bits per heavy atom. The van der Waals surface area contributed by atoms with Crippen LogP contribution in [0.2, 0.25) is 0 Å². The molecule has 1 aromatic carbocycles. The fourth-order valence-corrected chi connectivity index (χ4v) is 3.59. The number of alkyl halides is 3. The number of hydrogen-bond donors (Lipinski definition) is 0. The van der Waals surface area contributed by atoms with E-state index in [0.717, 1.165) is 12.8 Å². The van der Waals surface area contributed by atoms with E-state index in [2.05, 4.69) is 15.3 Å². The van der Waals surface area contributed by atoms with Crippen LogP contribution in [-0.4, -0.2) is 54.8 Å². The second-order valence-corrected chi connectivity index (χ2v) is 7.00. The molecule has 2 aromatic heterocycles. The van der Waals surface area contributed by atoms with Crippen LogP contribution >= 0.6 is 0 Å². The van der Waals surface area contributed by atoms with Crippen LogP contribution in [-0.2, 0) is 6.42 Å². The van der Waals surface area contributed by atoms with Gasteiger partial charge in [-0.15, -0.1) is 0 Å². The van der Waals surface area contributed by atoms with Gasteiger partial charge in [0.1, 0.15) is 0 Å². The van der Waals surface area contributed by atoms with Crippen molar-refractivity contribution in [1.29, 1.82) is 0 Å². The Bertz CT molecular complexity index is 982. The molecule has 4 rings (SSSR count). The molecule has 3 aromatic rings. The van der Waals surface area contributed by atoms with Crippen LogP contribution in [0.15, 0.2) is 49.1 Å². The van der Waals surface area contributed by atoms with Crippen molar-refractivity contribution in [3.05, 3.63) is 60.2 Å². The van der Waals surface area contributed by atoms with Crippen molar-refractivity contribution in [1.82, 2.24) is 29.7 Å². The van der Waals surface area contributed by atoms with Crippen molar-refractivity contribution in [3.8, 4) is 5.69 Å². The lowest BCUT2D eigenvalue weighted by Crippen LogP contribution is -2.41. The first kappa shape index (κ1) is 19.2. The van der Waals surface area contributed by atoms with Gasteiger partial charge < -0.3 is 4.90 Å². The molecule has 152 valence electrons. The zero-order chi connectivity index (χ0) is 20.4. The third-order valence-corrected chi connectivity index (χ3v) is 4.89. The minimum absolute atomic E-state index is 0.121. The van der Waals surface area contributed by atoms with Crippen molar-refractivity contribution < 1.29 is 18.0 Å². The van der Waals surface area contributed by atoms with Crippen molar-refractivity contribution in [3.63, 3.8) is 0 Å². The third kappa shape index (κ3) is 4.30. The number of carbonyl (C=O) groups excluding carboxylic acids is 1. The number of rotatable bonds is 4. The number of para-hydroxylation sites is 1. The standard InChI is InChI=1S/C19H19F3N6O/c20-19(21,22)10-14-11-25-27(12-14)15-4-3-9-26(13-15)18(29)16-5-1-2-6-17(16)28-23-7-8-24-28/h1-2,5-8,11-12,15H,3-4,9-10,13H2. The fraction of sp³-hybridized carbons (Fsp3) is 0.368. The molecule has 1 atom stereocenters. The number of hydrogen-bond acceptors (Lipinski definition) is 4. The normalized spacial score (nSPS) is 17.5. The molecule has 0 radical (unpaired) electrons. The molecule has 0 bridgehead atoms. The molecule has 7 nitrogen and oxygen atoms in total. The van der Waals surface area contributed by atoms with Gasteiger partial charge in [-0.1, -0.05) is 12.1 Å². The maximum atomic E-state index is 13.2. The molecule has 1 unspecified atom stereocenters. The van der Waals surface area contributed by atoms with E-state index in [1.165, 1.54) is 29.6 Å². The summed E-state index contributed by atoms with van der Waals surface area (Å²) in [5.41, 5.74) is 1.18. The summed E-state index contributed by atoms with van der Waals surface area (Å²) in [6, 6.07) is 6.91. The second kappa shape index (κ2) is 7.69. The van der Waals surface area contributed by atoms with Crippen molar-refractivity contribution in [2.75, 3.05) is 13.1 Å². The molecule has 0 aliphatic carbocycles. The Kier molecular flexibility index (Phi) is 5.08. The highest BCUT2D eigenvalue weighted by Crippen LogP contribution is 2.26. The predicted molar refractivity (Wildman–Crippen MR) is 97.5 cm³/mol.